The Morgan fingerprint density at radius 1 is 1.59 bits per heavy atom. The molecule has 0 aromatic heterocycles. The normalized spacial score (nSPS) is 18.0. The van der Waals surface area contributed by atoms with E-state index in [0.717, 1.165) is 12.7 Å². The molecule has 2 rings (SSSR count). The average Bonchev–Trinajstić information content (AvgIpc) is 2.88. The third kappa shape index (κ3) is 3.72. The Morgan fingerprint density at radius 2 is 2.41 bits per heavy atom. The minimum absolute atomic E-state index is 0.0868. The number of carbonyl (C=O) groups is 1. The average molecular weight is 321 g/mol. The van der Waals surface area contributed by atoms with Crippen LogP contribution in [0.3, 0.4) is 0 Å². The van der Waals surface area contributed by atoms with Gasteiger partial charge in [0.25, 0.3) is 0 Å². The summed E-state index contributed by atoms with van der Waals surface area (Å²) in [6, 6.07) is 4.20. The number of isothiocyanates is 1. The van der Waals surface area contributed by atoms with Crippen molar-refractivity contribution in [1.82, 2.24) is 0 Å². The molecule has 1 fully saturated rings. The fraction of sp³-hybridized carbons (Fsp3) is 0.231. The molecule has 9 heteroatoms. The standard InChI is InChI=1S/C13H12FN5O2S/c14-11-3-9(1-2-12(11)18-7-17-6-15)19-5-10(4-16-8-22)21-13(19)20/h1-3,6-7,10H,4-5H2,(H2,15,17,18). The van der Waals surface area contributed by atoms with Crippen molar-refractivity contribution >= 4 is 47.5 Å². The highest BCUT2D eigenvalue weighted by atomic mass is 32.1. The van der Waals surface area contributed by atoms with Crippen LogP contribution in [-0.4, -0.2) is 43.1 Å². The number of anilines is 1. The van der Waals surface area contributed by atoms with Crippen LogP contribution in [0.5, 0.6) is 0 Å². The molecule has 0 radical (unpaired) electrons. The molecule has 1 amide bonds. The number of aliphatic imine (C=N–C) groups is 3. The number of thiocarbonyl (C=S) groups is 1. The van der Waals surface area contributed by atoms with E-state index in [1.165, 1.54) is 17.0 Å². The summed E-state index contributed by atoms with van der Waals surface area (Å²) in [6.45, 7) is 0.493. The van der Waals surface area contributed by atoms with Crippen LogP contribution in [0.1, 0.15) is 0 Å². The van der Waals surface area contributed by atoms with Gasteiger partial charge in [-0.05, 0) is 30.4 Å². The molecular formula is C13H12FN5O2S. The van der Waals surface area contributed by atoms with Crippen molar-refractivity contribution in [1.29, 1.82) is 0 Å². The summed E-state index contributed by atoms with van der Waals surface area (Å²) in [5.74, 6) is -0.589. The minimum atomic E-state index is -0.589. The van der Waals surface area contributed by atoms with Gasteiger partial charge in [-0.3, -0.25) is 4.90 Å². The topological polar surface area (TPSA) is 92.6 Å². The SMILES string of the molecule is NC=NC=Nc1ccc(N2CC(CN=C=S)OC2=O)cc1F. The smallest absolute Gasteiger partial charge is 0.414 e. The summed E-state index contributed by atoms with van der Waals surface area (Å²) < 4.78 is 19.0. The summed E-state index contributed by atoms with van der Waals surface area (Å²) in [4.78, 5) is 24.2. The van der Waals surface area contributed by atoms with Gasteiger partial charge in [0.1, 0.15) is 18.1 Å². The summed E-state index contributed by atoms with van der Waals surface area (Å²) >= 11 is 4.46. The van der Waals surface area contributed by atoms with Crippen molar-refractivity contribution < 1.29 is 13.9 Å². The molecule has 0 spiro atoms. The van der Waals surface area contributed by atoms with E-state index in [9.17, 15) is 9.18 Å². The van der Waals surface area contributed by atoms with Gasteiger partial charge in [-0.25, -0.2) is 24.2 Å². The molecule has 0 saturated carbocycles. The molecule has 7 nitrogen and oxygen atoms in total. The monoisotopic (exact) mass is 321 g/mol. The van der Waals surface area contributed by atoms with Crippen molar-refractivity contribution in [2.75, 3.05) is 18.0 Å². The highest BCUT2D eigenvalue weighted by Crippen LogP contribution is 2.27. The van der Waals surface area contributed by atoms with Crippen LogP contribution in [0.4, 0.5) is 20.6 Å². The number of hydrogen-bond acceptors (Lipinski definition) is 5. The molecule has 0 aliphatic carbocycles. The van der Waals surface area contributed by atoms with Crippen LogP contribution in [0.2, 0.25) is 0 Å². The third-order valence-corrected chi connectivity index (χ3v) is 2.96. The first-order valence-electron chi connectivity index (χ1n) is 6.23. The largest absolute Gasteiger partial charge is 0.442 e. The van der Waals surface area contributed by atoms with Crippen molar-refractivity contribution in [3.63, 3.8) is 0 Å². The number of ether oxygens (including phenoxy) is 1. The summed E-state index contributed by atoms with van der Waals surface area (Å²) in [5, 5.41) is 2.21. The van der Waals surface area contributed by atoms with Crippen LogP contribution in [0, 0.1) is 5.82 Å². The molecule has 1 aliphatic rings. The lowest BCUT2D eigenvalue weighted by Gasteiger charge is -2.13. The Balaban J connectivity index is 2.14. The highest BCUT2D eigenvalue weighted by molar-refractivity contribution is 7.78. The number of nitrogens with zero attached hydrogens (tertiary/aromatic N) is 4. The molecule has 22 heavy (non-hydrogen) atoms. The van der Waals surface area contributed by atoms with E-state index in [1.54, 1.807) is 6.07 Å². The molecule has 1 unspecified atom stereocenters. The molecule has 0 bridgehead atoms. The summed E-state index contributed by atoms with van der Waals surface area (Å²) in [6.07, 6.45) is 1.18. The van der Waals surface area contributed by atoms with Gasteiger partial charge in [-0.1, -0.05) is 0 Å². The number of rotatable bonds is 5. The lowest BCUT2D eigenvalue weighted by atomic mass is 10.2. The van der Waals surface area contributed by atoms with Crippen molar-refractivity contribution in [3.05, 3.63) is 24.0 Å². The number of hydrogen-bond donors (Lipinski definition) is 1. The Morgan fingerprint density at radius 3 is 3.09 bits per heavy atom. The zero-order valence-electron chi connectivity index (χ0n) is 11.3. The van der Waals surface area contributed by atoms with E-state index in [-0.39, 0.29) is 18.8 Å². The van der Waals surface area contributed by atoms with E-state index in [4.69, 9.17) is 10.5 Å². The molecular weight excluding hydrogens is 309 g/mol. The molecule has 1 aromatic rings. The second kappa shape index (κ2) is 7.39. The summed E-state index contributed by atoms with van der Waals surface area (Å²) in [7, 11) is 0. The van der Waals surface area contributed by atoms with Crippen LogP contribution >= 0.6 is 12.2 Å². The predicted octanol–water partition coefficient (Wildman–Crippen LogP) is 1.90. The van der Waals surface area contributed by atoms with Crippen LogP contribution < -0.4 is 10.6 Å². The second-order valence-electron chi connectivity index (χ2n) is 4.23. The van der Waals surface area contributed by atoms with E-state index < -0.39 is 18.0 Å². The molecule has 1 aromatic carbocycles. The van der Waals surface area contributed by atoms with Gasteiger partial charge in [0.15, 0.2) is 5.82 Å². The second-order valence-corrected chi connectivity index (χ2v) is 4.41. The molecule has 114 valence electrons. The Hall–Kier alpha value is -2.64. The fourth-order valence-corrected chi connectivity index (χ4v) is 1.94. The van der Waals surface area contributed by atoms with E-state index >= 15 is 0 Å². The van der Waals surface area contributed by atoms with Gasteiger partial charge in [0.2, 0.25) is 0 Å². The van der Waals surface area contributed by atoms with E-state index in [1.807, 2.05) is 0 Å². The molecule has 2 N–H and O–H groups in total. The number of cyclic esters (lactones) is 1. The van der Waals surface area contributed by atoms with Gasteiger partial charge in [0.05, 0.1) is 30.3 Å². The van der Waals surface area contributed by atoms with Crippen molar-refractivity contribution in [3.8, 4) is 0 Å². The van der Waals surface area contributed by atoms with Gasteiger partial charge in [-0.2, -0.15) is 0 Å². The van der Waals surface area contributed by atoms with Crippen LogP contribution in [0.15, 0.2) is 33.2 Å². The predicted molar refractivity (Wildman–Crippen MR) is 84.7 cm³/mol. The first kappa shape index (κ1) is 15.7. The molecule has 1 atom stereocenters. The van der Waals surface area contributed by atoms with E-state index in [0.29, 0.717) is 5.69 Å². The number of benzene rings is 1. The third-order valence-electron chi connectivity index (χ3n) is 2.83. The lowest BCUT2D eigenvalue weighted by Crippen LogP contribution is -2.25. The molecule has 1 aliphatic heterocycles. The van der Waals surface area contributed by atoms with Gasteiger partial charge < -0.3 is 10.5 Å². The Bertz CT molecular complexity index is 672. The number of carbonyl (C=O) groups excluding carboxylic acids is 1. The fourth-order valence-electron chi connectivity index (χ4n) is 1.87. The van der Waals surface area contributed by atoms with Crippen LogP contribution in [0.25, 0.3) is 0 Å². The number of amides is 1. The summed E-state index contributed by atoms with van der Waals surface area (Å²) in [5.41, 5.74) is 5.51. The zero-order valence-corrected chi connectivity index (χ0v) is 12.2. The first-order chi connectivity index (χ1) is 10.7. The molecule has 1 heterocycles. The van der Waals surface area contributed by atoms with Gasteiger partial charge in [0, 0.05) is 0 Å². The lowest BCUT2D eigenvalue weighted by molar-refractivity contribution is 0.145. The molecule has 1 saturated heterocycles. The van der Waals surface area contributed by atoms with Crippen molar-refractivity contribution in [2.24, 2.45) is 20.7 Å². The maximum Gasteiger partial charge on any atom is 0.414 e. The minimum Gasteiger partial charge on any atom is -0.442 e. The van der Waals surface area contributed by atoms with Gasteiger partial charge in [-0.15, -0.1) is 0 Å². The van der Waals surface area contributed by atoms with Gasteiger partial charge >= 0.3 is 6.09 Å². The maximum absolute atomic E-state index is 13.9. The maximum atomic E-state index is 13.9. The highest BCUT2D eigenvalue weighted by Gasteiger charge is 2.32. The van der Waals surface area contributed by atoms with Crippen LogP contribution in [-0.2, 0) is 4.74 Å². The Kier molecular flexibility index (Phi) is 5.29. The van der Waals surface area contributed by atoms with Crippen molar-refractivity contribution in [2.45, 2.75) is 6.10 Å². The first-order valence-corrected chi connectivity index (χ1v) is 6.63. The van der Waals surface area contributed by atoms with E-state index in [2.05, 4.69) is 32.4 Å². The zero-order chi connectivity index (χ0) is 15.9. The number of halogens is 1. The number of nitrogens with two attached hydrogens (primary N) is 1. The Labute approximate surface area is 131 Å². The quantitative estimate of drug-likeness (QED) is 0.509.